The minimum Gasteiger partial charge on any atom is -0.493 e. The zero-order chi connectivity index (χ0) is 18.9. The lowest BCUT2D eigenvalue weighted by Crippen LogP contribution is -2.42. The molecule has 2 aliphatic rings. The number of halogens is 1. The van der Waals surface area contributed by atoms with Crippen molar-refractivity contribution in [3.05, 3.63) is 29.8 Å². The molecule has 0 bridgehead atoms. The number of para-hydroxylation sites is 1. The van der Waals surface area contributed by atoms with Crippen LogP contribution in [0.4, 0.5) is 0 Å². The summed E-state index contributed by atoms with van der Waals surface area (Å²) in [5.41, 5.74) is 1.19. The average molecular weight is 500 g/mol. The van der Waals surface area contributed by atoms with Crippen LogP contribution in [0.1, 0.15) is 44.6 Å². The van der Waals surface area contributed by atoms with E-state index in [0.29, 0.717) is 0 Å². The Kier molecular flexibility index (Phi) is 10.4. The molecule has 0 unspecified atom stereocenters. The average Bonchev–Trinajstić information content (AvgIpc) is 3.53. The fourth-order valence-corrected chi connectivity index (χ4v) is 3.65. The second-order valence-electron chi connectivity index (χ2n) is 7.95. The number of piperidine rings is 1. The third kappa shape index (κ3) is 7.78. The van der Waals surface area contributed by atoms with Gasteiger partial charge in [-0.1, -0.05) is 25.1 Å². The van der Waals surface area contributed by atoms with E-state index in [-0.39, 0.29) is 24.0 Å². The van der Waals surface area contributed by atoms with Gasteiger partial charge in [-0.05, 0) is 69.6 Å². The molecule has 158 valence electrons. The molecule has 1 heterocycles. The van der Waals surface area contributed by atoms with Gasteiger partial charge in [0.2, 0.25) is 0 Å². The van der Waals surface area contributed by atoms with Crippen molar-refractivity contribution in [2.24, 2.45) is 16.8 Å². The van der Waals surface area contributed by atoms with Crippen molar-refractivity contribution >= 4 is 29.9 Å². The summed E-state index contributed by atoms with van der Waals surface area (Å²) < 4.78 is 6.01. The molecular weight excluding hydrogens is 463 g/mol. The van der Waals surface area contributed by atoms with Gasteiger partial charge in [0.1, 0.15) is 5.75 Å². The maximum absolute atomic E-state index is 6.01. The van der Waals surface area contributed by atoms with Crippen LogP contribution in [0.25, 0.3) is 0 Å². The van der Waals surface area contributed by atoms with E-state index >= 15 is 0 Å². The standard InChI is InChI=1S/C22H36N4O.HI/c1-3-12-26-13-10-18(11-14-26)15-24-22(23-2)25-16-20-6-4-5-7-21(20)27-17-19-8-9-19;/h4-7,18-19H,3,8-17H2,1-2H3,(H2,23,24,25);1H. The second kappa shape index (κ2) is 12.5. The summed E-state index contributed by atoms with van der Waals surface area (Å²) in [6.45, 7) is 8.55. The Labute approximate surface area is 187 Å². The summed E-state index contributed by atoms with van der Waals surface area (Å²) >= 11 is 0. The van der Waals surface area contributed by atoms with Crippen LogP contribution in [-0.2, 0) is 6.54 Å². The highest BCUT2D eigenvalue weighted by molar-refractivity contribution is 14.0. The van der Waals surface area contributed by atoms with Crippen molar-refractivity contribution in [2.75, 3.05) is 39.8 Å². The molecule has 0 amide bonds. The molecule has 5 nitrogen and oxygen atoms in total. The number of nitrogens with zero attached hydrogens (tertiary/aromatic N) is 2. The van der Waals surface area contributed by atoms with Crippen LogP contribution in [0.2, 0.25) is 0 Å². The number of nitrogens with one attached hydrogen (secondary N) is 2. The topological polar surface area (TPSA) is 48.9 Å². The number of benzene rings is 1. The number of aliphatic imine (C=N–C) groups is 1. The van der Waals surface area contributed by atoms with Crippen LogP contribution < -0.4 is 15.4 Å². The molecule has 28 heavy (non-hydrogen) atoms. The van der Waals surface area contributed by atoms with Gasteiger partial charge in [-0.15, -0.1) is 24.0 Å². The minimum atomic E-state index is 0. The van der Waals surface area contributed by atoms with Gasteiger partial charge in [0, 0.05) is 25.7 Å². The number of guanidine groups is 1. The first-order valence-electron chi connectivity index (χ1n) is 10.7. The zero-order valence-electron chi connectivity index (χ0n) is 17.5. The molecule has 2 fully saturated rings. The molecule has 0 atom stereocenters. The van der Waals surface area contributed by atoms with Crippen molar-refractivity contribution in [1.82, 2.24) is 15.5 Å². The Balaban J connectivity index is 0.00000280. The molecule has 1 aliphatic heterocycles. The third-order valence-electron chi connectivity index (χ3n) is 5.62. The highest BCUT2D eigenvalue weighted by Crippen LogP contribution is 2.30. The molecule has 6 heteroatoms. The molecular formula is C22H37IN4O. The summed E-state index contributed by atoms with van der Waals surface area (Å²) in [5, 5.41) is 6.96. The fraction of sp³-hybridized carbons (Fsp3) is 0.682. The van der Waals surface area contributed by atoms with Gasteiger partial charge in [-0.2, -0.15) is 0 Å². The van der Waals surface area contributed by atoms with Crippen LogP contribution >= 0.6 is 24.0 Å². The molecule has 3 rings (SSSR count). The van der Waals surface area contributed by atoms with Gasteiger partial charge in [0.15, 0.2) is 5.96 Å². The first-order valence-corrected chi connectivity index (χ1v) is 10.7. The fourth-order valence-electron chi connectivity index (χ4n) is 3.65. The van der Waals surface area contributed by atoms with E-state index in [2.05, 4.69) is 45.6 Å². The Bertz CT molecular complexity index is 598. The van der Waals surface area contributed by atoms with E-state index in [9.17, 15) is 0 Å². The number of ether oxygens (including phenoxy) is 1. The van der Waals surface area contributed by atoms with Crippen molar-refractivity contribution in [3.8, 4) is 5.75 Å². The van der Waals surface area contributed by atoms with Crippen molar-refractivity contribution in [1.29, 1.82) is 0 Å². The van der Waals surface area contributed by atoms with Gasteiger partial charge >= 0.3 is 0 Å². The number of rotatable bonds is 9. The highest BCUT2D eigenvalue weighted by atomic mass is 127. The minimum absolute atomic E-state index is 0. The molecule has 2 N–H and O–H groups in total. The Hall–Kier alpha value is -1.02. The largest absolute Gasteiger partial charge is 0.493 e. The molecule has 1 aliphatic carbocycles. The lowest BCUT2D eigenvalue weighted by Gasteiger charge is -2.32. The normalized spacial score (nSPS) is 18.4. The van der Waals surface area contributed by atoms with Crippen LogP contribution in [0.15, 0.2) is 29.3 Å². The quantitative estimate of drug-likeness (QED) is 0.307. The molecule has 0 spiro atoms. The Morgan fingerprint density at radius 2 is 1.86 bits per heavy atom. The molecule has 1 aromatic carbocycles. The number of hydrogen-bond acceptors (Lipinski definition) is 3. The second-order valence-corrected chi connectivity index (χ2v) is 7.95. The maximum Gasteiger partial charge on any atom is 0.191 e. The van der Waals surface area contributed by atoms with E-state index in [1.54, 1.807) is 0 Å². The van der Waals surface area contributed by atoms with Crippen LogP contribution in [0.5, 0.6) is 5.75 Å². The molecule has 0 aromatic heterocycles. The monoisotopic (exact) mass is 500 g/mol. The van der Waals surface area contributed by atoms with E-state index in [0.717, 1.165) is 43.2 Å². The summed E-state index contributed by atoms with van der Waals surface area (Å²) in [5.74, 6) is 3.38. The number of hydrogen-bond donors (Lipinski definition) is 2. The van der Waals surface area contributed by atoms with Crippen molar-refractivity contribution in [2.45, 2.75) is 45.6 Å². The summed E-state index contributed by atoms with van der Waals surface area (Å²) in [6, 6.07) is 8.32. The Morgan fingerprint density at radius 1 is 1.11 bits per heavy atom. The summed E-state index contributed by atoms with van der Waals surface area (Å²) in [7, 11) is 1.84. The van der Waals surface area contributed by atoms with Crippen LogP contribution in [-0.4, -0.2) is 50.7 Å². The number of likely N-dealkylation sites (tertiary alicyclic amines) is 1. The predicted octanol–water partition coefficient (Wildman–Crippen LogP) is 3.88. The SMILES string of the molecule is CCCN1CCC(CNC(=NC)NCc2ccccc2OCC2CC2)CC1.I. The van der Waals surface area contributed by atoms with Gasteiger partial charge < -0.3 is 20.3 Å². The zero-order valence-corrected chi connectivity index (χ0v) is 19.8. The van der Waals surface area contributed by atoms with Gasteiger partial charge in [0.25, 0.3) is 0 Å². The molecule has 1 saturated carbocycles. The molecule has 0 radical (unpaired) electrons. The highest BCUT2D eigenvalue weighted by Gasteiger charge is 2.22. The smallest absolute Gasteiger partial charge is 0.191 e. The van der Waals surface area contributed by atoms with E-state index in [1.807, 2.05) is 13.1 Å². The van der Waals surface area contributed by atoms with E-state index in [4.69, 9.17) is 4.74 Å². The van der Waals surface area contributed by atoms with Crippen LogP contribution in [0.3, 0.4) is 0 Å². The molecule has 1 saturated heterocycles. The first-order chi connectivity index (χ1) is 13.3. The lowest BCUT2D eigenvalue weighted by atomic mass is 9.97. The summed E-state index contributed by atoms with van der Waals surface area (Å²) in [4.78, 5) is 6.97. The van der Waals surface area contributed by atoms with Gasteiger partial charge in [-0.3, -0.25) is 4.99 Å². The third-order valence-corrected chi connectivity index (χ3v) is 5.62. The van der Waals surface area contributed by atoms with Gasteiger partial charge in [-0.25, -0.2) is 0 Å². The lowest BCUT2D eigenvalue weighted by molar-refractivity contribution is 0.185. The van der Waals surface area contributed by atoms with Gasteiger partial charge in [0.05, 0.1) is 6.61 Å². The van der Waals surface area contributed by atoms with Crippen LogP contribution in [0, 0.1) is 11.8 Å². The molecule has 1 aromatic rings. The van der Waals surface area contributed by atoms with Crippen molar-refractivity contribution in [3.63, 3.8) is 0 Å². The predicted molar refractivity (Wildman–Crippen MR) is 128 cm³/mol. The first kappa shape index (κ1) is 23.3. The maximum atomic E-state index is 6.01. The van der Waals surface area contributed by atoms with E-state index < -0.39 is 0 Å². The summed E-state index contributed by atoms with van der Waals surface area (Å²) in [6.07, 6.45) is 6.44. The Morgan fingerprint density at radius 3 is 2.54 bits per heavy atom. The van der Waals surface area contributed by atoms with Crippen molar-refractivity contribution < 1.29 is 4.74 Å². The van der Waals surface area contributed by atoms with E-state index in [1.165, 1.54) is 57.3 Å².